The first-order chi connectivity index (χ1) is 8.72. The lowest BCUT2D eigenvalue weighted by Gasteiger charge is -2.06. The molecule has 18 heavy (non-hydrogen) atoms. The van der Waals surface area contributed by atoms with Gasteiger partial charge in [0.1, 0.15) is 5.75 Å². The summed E-state index contributed by atoms with van der Waals surface area (Å²) in [4.78, 5) is 13.1. The maximum atomic E-state index is 12.3. The van der Waals surface area contributed by atoms with Crippen LogP contribution in [0.3, 0.4) is 0 Å². The molecule has 0 atom stereocenters. The van der Waals surface area contributed by atoms with Crippen LogP contribution in [0.15, 0.2) is 35.7 Å². The van der Waals surface area contributed by atoms with Crippen molar-refractivity contribution in [3.05, 3.63) is 51.7 Å². The van der Waals surface area contributed by atoms with E-state index in [9.17, 15) is 4.79 Å². The Balaban J connectivity index is 2.23. The maximum Gasteiger partial charge on any atom is 0.203 e. The van der Waals surface area contributed by atoms with Crippen molar-refractivity contribution in [2.45, 2.75) is 20.3 Å². The number of ketones is 1. The number of hydrogen-bond donors (Lipinski definition) is 0. The van der Waals surface area contributed by atoms with E-state index in [-0.39, 0.29) is 5.78 Å². The first kappa shape index (κ1) is 12.8. The summed E-state index contributed by atoms with van der Waals surface area (Å²) in [7, 11) is 0. The highest BCUT2D eigenvalue weighted by molar-refractivity contribution is 7.12. The Morgan fingerprint density at radius 1 is 1.33 bits per heavy atom. The number of carbonyl (C=O) groups excluding carboxylic acids is 1. The van der Waals surface area contributed by atoms with Gasteiger partial charge in [-0.3, -0.25) is 4.79 Å². The molecular weight excluding hydrogens is 244 g/mol. The molecule has 1 aromatic carbocycles. The molecule has 0 aliphatic carbocycles. The van der Waals surface area contributed by atoms with Gasteiger partial charge in [0, 0.05) is 5.56 Å². The third-order valence-corrected chi connectivity index (χ3v) is 3.65. The van der Waals surface area contributed by atoms with E-state index in [1.807, 2.05) is 42.6 Å². The molecule has 0 spiro atoms. The molecule has 0 fully saturated rings. The third-order valence-electron chi connectivity index (χ3n) is 2.64. The topological polar surface area (TPSA) is 26.3 Å². The van der Waals surface area contributed by atoms with Crippen molar-refractivity contribution < 1.29 is 9.53 Å². The van der Waals surface area contributed by atoms with Crippen LogP contribution in [-0.4, -0.2) is 12.4 Å². The summed E-state index contributed by atoms with van der Waals surface area (Å²) in [5.74, 6) is 0.835. The second-order valence-corrected chi connectivity index (χ2v) is 5.05. The molecule has 1 heterocycles. The van der Waals surface area contributed by atoms with Gasteiger partial charge in [0.15, 0.2) is 0 Å². The molecule has 0 radical (unpaired) electrons. The molecule has 0 N–H and O–H groups in total. The summed E-state index contributed by atoms with van der Waals surface area (Å²) in [6, 6.07) is 9.36. The zero-order chi connectivity index (χ0) is 13.0. The van der Waals surface area contributed by atoms with Gasteiger partial charge in [0.25, 0.3) is 0 Å². The van der Waals surface area contributed by atoms with Crippen molar-refractivity contribution in [1.82, 2.24) is 0 Å². The van der Waals surface area contributed by atoms with E-state index in [1.54, 1.807) is 0 Å². The molecule has 2 aromatic rings. The van der Waals surface area contributed by atoms with Crippen molar-refractivity contribution in [2.24, 2.45) is 0 Å². The van der Waals surface area contributed by atoms with E-state index >= 15 is 0 Å². The number of carbonyl (C=O) groups is 1. The monoisotopic (exact) mass is 260 g/mol. The first-order valence-electron chi connectivity index (χ1n) is 6.04. The van der Waals surface area contributed by atoms with E-state index in [1.165, 1.54) is 11.3 Å². The molecule has 0 unspecified atom stereocenters. The number of hydrogen-bond acceptors (Lipinski definition) is 3. The molecule has 2 rings (SSSR count). The summed E-state index contributed by atoms with van der Waals surface area (Å²) in [5.41, 5.74) is 1.72. The highest BCUT2D eigenvalue weighted by atomic mass is 32.1. The summed E-state index contributed by atoms with van der Waals surface area (Å²) in [6.45, 7) is 4.70. The average molecular weight is 260 g/mol. The van der Waals surface area contributed by atoms with Crippen molar-refractivity contribution in [3.8, 4) is 5.75 Å². The van der Waals surface area contributed by atoms with Crippen LogP contribution in [0.1, 0.15) is 34.1 Å². The van der Waals surface area contributed by atoms with Gasteiger partial charge in [-0.15, -0.1) is 11.3 Å². The highest BCUT2D eigenvalue weighted by Gasteiger charge is 2.13. The quantitative estimate of drug-likeness (QED) is 0.757. The lowest BCUT2D eigenvalue weighted by molar-refractivity contribution is 0.104. The van der Waals surface area contributed by atoms with Gasteiger partial charge < -0.3 is 4.74 Å². The Bertz CT molecular complexity index is 543. The number of rotatable bonds is 5. The Kier molecular flexibility index (Phi) is 4.15. The van der Waals surface area contributed by atoms with Crippen LogP contribution in [0, 0.1) is 6.92 Å². The van der Waals surface area contributed by atoms with Crippen molar-refractivity contribution >= 4 is 17.1 Å². The predicted octanol–water partition coefficient (Wildman–Crippen LogP) is 4.08. The number of ether oxygens (including phenoxy) is 1. The zero-order valence-corrected chi connectivity index (χ0v) is 11.4. The van der Waals surface area contributed by atoms with E-state index < -0.39 is 0 Å². The van der Waals surface area contributed by atoms with Gasteiger partial charge in [0.05, 0.1) is 11.5 Å². The minimum Gasteiger partial charge on any atom is -0.494 e. The van der Waals surface area contributed by atoms with Gasteiger partial charge >= 0.3 is 0 Å². The molecular formula is C15H16O2S. The van der Waals surface area contributed by atoms with Crippen molar-refractivity contribution in [3.63, 3.8) is 0 Å². The lowest BCUT2D eigenvalue weighted by atomic mass is 10.1. The van der Waals surface area contributed by atoms with Gasteiger partial charge in [-0.2, -0.15) is 0 Å². The van der Waals surface area contributed by atoms with Crippen LogP contribution < -0.4 is 4.74 Å². The van der Waals surface area contributed by atoms with Gasteiger partial charge in [-0.05, 0) is 42.5 Å². The maximum absolute atomic E-state index is 12.3. The molecule has 0 aliphatic heterocycles. The van der Waals surface area contributed by atoms with E-state index in [0.717, 1.165) is 22.6 Å². The molecule has 0 amide bonds. The number of aryl methyl sites for hydroxylation is 1. The normalized spacial score (nSPS) is 10.3. The molecule has 0 aliphatic rings. The molecule has 94 valence electrons. The fraction of sp³-hybridized carbons (Fsp3) is 0.267. The molecule has 3 heteroatoms. The number of benzene rings is 1. The van der Waals surface area contributed by atoms with Gasteiger partial charge in [-0.25, -0.2) is 0 Å². The third kappa shape index (κ3) is 2.79. The van der Waals surface area contributed by atoms with Crippen LogP contribution >= 0.6 is 11.3 Å². The van der Waals surface area contributed by atoms with Gasteiger partial charge in [0.2, 0.25) is 5.78 Å². The second-order valence-electron chi connectivity index (χ2n) is 4.14. The van der Waals surface area contributed by atoms with Crippen LogP contribution in [0.2, 0.25) is 0 Å². The van der Waals surface area contributed by atoms with E-state index in [2.05, 4.69) is 6.92 Å². The number of thiophene rings is 1. The first-order valence-corrected chi connectivity index (χ1v) is 6.92. The van der Waals surface area contributed by atoms with Crippen LogP contribution in [0.25, 0.3) is 0 Å². The summed E-state index contributed by atoms with van der Waals surface area (Å²) in [6.07, 6.45) is 0.961. The minimum absolute atomic E-state index is 0.0736. The summed E-state index contributed by atoms with van der Waals surface area (Å²) < 4.78 is 5.54. The average Bonchev–Trinajstić information content (AvgIpc) is 2.82. The Labute approximate surface area is 111 Å². The van der Waals surface area contributed by atoms with Crippen LogP contribution in [0.5, 0.6) is 5.75 Å². The minimum atomic E-state index is 0.0736. The zero-order valence-electron chi connectivity index (χ0n) is 10.6. The smallest absolute Gasteiger partial charge is 0.203 e. The SMILES string of the molecule is CCCOc1cccc(C(=O)c2sccc2C)c1. The van der Waals surface area contributed by atoms with Crippen LogP contribution in [-0.2, 0) is 0 Å². The fourth-order valence-corrected chi connectivity index (χ4v) is 2.57. The van der Waals surface area contributed by atoms with Crippen molar-refractivity contribution in [1.29, 1.82) is 0 Å². The Morgan fingerprint density at radius 2 is 2.17 bits per heavy atom. The molecule has 2 nitrogen and oxygen atoms in total. The highest BCUT2D eigenvalue weighted by Crippen LogP contribution is 2.22. The fourth-order valence-electron chi connectivity index (χ4n) is 1.68. The van der Waals surface area contributed by atoms with E-state index in [4.69, 9.17) is 4.74 Å². The van der Waals surface area contributed by atoms with Crippen molar-refractivity contribution in [2.75, 3.05) is 6.61 Å². The Hall–Kier alpha value is -1.61. The largest absolute Gasteiger partial charge is 0.494 e. The molecule has 0 saturated heterocycles. The van der Waals surface area contributed by atoms with E-state index in [0.29, 0.717) is 12.2 Å². The Morgan fingerprint density at radius 3 is 2.83 bits per heavy atom. The summed E-state index contributed by atoms with van der Waals surface area (Å²) in [5, 5.41) is 1.94. The van der Waals surface area contributed by atoms with Gasteiger partial charge in [-0.1, -0.05) is 19.1 Å². The molecule has 1 aromatic heterocycles. The standard InChI is InChI=1S/C15H16O2S/c1-3-8-17-13-6-4-5-12(10-13)14(16)15-11(2)7-9-18-15/h4-7,9-10H,3,8H2,1-2H3. The lowest BCUT2D eigenvalue weighted by Crippen LogP contribution is -2.02. The molecule has 0 bridgehead atoms. The van der Waals surface area contributed by atoms with Crippen LogP contribution in [0.4, 0.5) is 0 Å². The summed E-state index contributed by atoms with van der Waals surface area (Å²) >= 11 is 1.49. The second kappa shape index (κ2) is 5.83. The molecule has 0 saturated carbocycles. The predicted molar refractivity (Wildman–Crippen MR) is 74.7 cm³/mol.